The number of amides is 1. The van der Waals surface area contributed by atoms with Gasteiger partial charge in [-0.05, 0) is 24.6 Å². The Hall–Kier alpha value is -2.77. The average Bonchev–Trinajstić information content (AvgIpc) is 3.30. The normalized spacial score (nSPS) is 18.6. The molecule has 28 heavy (non-hydrogen) atoms. The number of Topliss-reactive ketones (excluding diaryl/α,β-unsaturated/α-hetero) is 1. The largest absolute Gasteiger partial charge is 0.507 e. The molecule has 3 aromatic rings. The van der Waals surface area contributed by atoms with Gasteiger partial charge in [-0.1, -0.05) is 57.9 Å². The van der Waals surface area contributed by atoms with Crippen molar-refractivity contribution in [2.24, 2.45) is 0 Å². The molecular formula is C21H15BrN2O3S. The van der Waals surface area contributed by atoms with E-state index in [1.807, 2.05) is 31.2 Å². The fourth-order valence-electron chi connectivity index (χ4n) is 3.19. The number of nitrogens with zero attached hydrogens (tertiary/aromatic N) is 2. The van der Waals surface area contributed by atoms with Crippen LogP contribution in [-0.2, 0) is 9.59 Å². The molecule has 140 valence electrons. The Kier molecular flexibility index (Phi) is 4.87. The highest BCUT2D eigenvalue weighted by atomic mass is 79.9. The highest BCUT2D eigenvalue weighted by molar-refractivity contribution is 9.10. The fraction of sp³-hybridized carbons (Fsp3) is 0.0952. The summed E-state index contributed by atoms with van der Waals surface area (Å²) in [5.74, 6) is -1.61. The smallest absolute Gasteiger partial charge is 0.301 e. The second-order valence-corrected chi connectivity index (χ2v) is 8.19. The van der Waals surface area contributed by atoms with Crippen molar-refractivity contribution in [3.8, 4) is 0 Å². The van der Waals surface area contributed by atoms with Crippen LogP contribution in [0.4, 0.5) is 5.13 Å². The van der Waals surface area contributed by atoms with E-state index in [0.29, 0.717) is 10.7 Å². The van der Waals surface area contributed by atoms with Crippen molar-refractivity contribution < 1.29 is 14.7 Å². The quantitative estimate of drug-likeness (QED) is 0.349. The summed E-state index contributed by atoms with van der Waals surface area (Å²) in [6, 6.07) is 13.7. The van der Waals surface area contributed by atoms with Crippen LogP contribution in [0.3, 0.4) is 0 Å². The Bertz CT molecular complexity index is 1070. The third kappa shape index (κ3) is 3.16. The van der Waals surface area contributed by atoms with E-state index in [2.05, 4.69) is 20.9 Å². The molecule has 1 saturated heterocycles. The number of halogens is 1. The lowest BCUT2D eigenvalue weighted by Crippen LogP contribution is -2.29. The summed E-state index contributed by atoms with van der Waals surface area (Å²) in [6.45, 7) is 1.96. The number of carbonyl (C=O) groups is 2. The molecule has 1 unspecified atom stereocenters. The van der Waals surface area contributed by atoms with E-state index >= 15 is 0 Å². The molecule has 0 bridgehead atoms. The number of anilines is 1. The van der Waals surface area contributed by atoms with Crippen LogP contribution in [0.25, 0.3) is 5.76 Å². The third-order valence-corrected chi connectivity index (χ3v) is 5.88. The van der Waals surface area contributed by atoms with Gasteiger partial charge in [0.1, 0.15) is 5.76 Å². The number of carbonyl (C=O) groups excluding carboxylic acids is 2. The Labute approximate surface area is 174 Å². The molecule has 1 N–H and O–H groups in total. The summed E-state index contributed by atoms with van der Waals surface area (Å²) in [4.78, 5) is 31.3. The maximum Gasteiger partial charge on any atom is 0.301 e. The average molecular weight is 455 g/mol. The van der Waals surface area contributed by atoms with Crippen molar-refractivity contribution >= 4 is 49.8 Å². The van der Waals surface area contributed by atoms with Gasteiger partial charge >= 0.3 is 5.91 Å². The maximum atomic E-state index is 12.9. The van der Waals surface area contributed by atoms with E-state index in [1.54, 1.807) is 35.8 Å². The van der Waals surface area contributed by atoms with Crippen molar-refractivity contribution in [1.82, 2.24) is 4.98 Å². The summed E-state index contributed by atoms with van der Waals surface area (Å²) >= 11 is 4.63. The molecule has 2 aromatic carbocycles. The molecule has 1 atom stereocenters. The van der Waals surface area contributed by atoms with Crippen LogP contribution in [-0.4, -0.2) is 21.8 Å². The molecule has 5 nitrogen and oxygen atoms in total. The SMILES string of the molecule is Cc1ccc(C2/C(=C(\O)c3ccc(Br)cc3)C(=O)C(=O)N2c2nccs2)cc1. The van der Waals surface area contributed by atoms with Gasteiger partial charge in [-0.2, -0.15) is 0 Å². The van der Waals surface area contributed by atoms with Gasteiger partial charge in [0.2, 0.25) is 0 Å². The minimum atomic E-state index is -0.740. The molecule has 1 aliphatic rings. The van der Waals surface area contributed by atoms with Crippen molar-refractivity contribution in [2.45, 2.75) is 13.0 Å². The molecule has 2 heterocycles. The molecule has 0 radical (unpaired) electrons. The first-order chi connectivity index (χ1) is 13.5. The van der Waals surface area contributed by atoms with Gasteiger partial charge in [0.25, 0.3) is 5.78 Å². The number of benzene rings is 2. The minimum absolute atomic E-state index is 0.0615. The van der Waals surface area contributed by atoms with Crippen LogP contribution in [0.2, 0.25) is 0 Å². The van der Waals surface area contributed by atoms with E-state index in [4.69, 9.17) is 0 Å². The molecule has 0 spiro atoms. The predicted octanol–water partition coefficient (Wildman–Crippen LogP) is 4.84. The standard InChI is InChI=1S/C21H15BrN2O3S/c1-12-2-4-13(5-3-12)17-16(18(25)14-6-8-15(22)9-7-14)19(26)20(27)24(17)21-23-10-11-28-21/h2-11,17,25H,1H3/b18-16+. The number of aliphatic hydroxyl groups is 1. The molecule has 1 aliphatic heterocycles. The summed E-state index contributed by atoms with van der Waals surface area (Å²) in [7, 11) is 0. The van der Waals surface area contributed by atoms with Crippen LogP contribution in [0.15, 0.2) is 70.2 Å². The number of aromatic nitrogens is 1. The molecule has 0 aliphatic carbocycles. The topological polar surface area (TPSA) is 70.5 Å². The summed E-state index contributed by atoms with van der Waals surface area (Å²) in [5, 5.41) is 13.1. The van der Waals surface area contributed by atoms with Crippen molar-refractivity contribution in [2.75, 3.05) is 4.90 Å². The first-order valence-electron chi connectivity index (χ1n) is 8.50. The Morgan fingerprint density at radius 1 is 1.11 bits per heavy atom. The molecule has 1 amide bonds. The lowest BCUT2D eigenvalue weighted by Gasteiger charge is -2.23. The van der Waals surface area contributed by atoms with Gasteiger partial charge in [0.15, 0.2) is 5.13 Å². The van der Waals surface area contributed by atoms with Crippen molar-refractivity contribution in [1.29, 1.82) is 0 Å². The van der Waals surface area contributed by atoms with E-state index in [0.717, 1.165) is 15.6 Å². The van der Waals surface area contributed by atoms with Gasteiger partial charge in [-0.25, -0.2) is 4.98 Å². The number of ketones is 1. The molecule has 0 saturated carbocycles. The molecular weight excluding hydrogens is 440 g/mol. The van der Waals surface area contributed by atoms with Gasteiger partial charge in [0.05, 0.1) is 11.6 Å². The number of thiazole rings is 1. The number of hydrogen-bond acceptors (Lipinski definition) is 5. The van der Waals surface area contributed by atoms with Gasteiger partial charge < -0.3 is 5.11 Å². The fourth-order valence-corrected chi connectivity index (χ4v) is 4.12. The molecule has 7 heteroatoms. The first-order valence-corrected chi connectivity index (χ1v) is 10.2. The van der Waals surface area contributed by atoms with Crippen LogP contribution in [0, 0.1) is 6.92 Å². The lowest BCUT2D eigenvalue weighted by atomic mass is 9.95. The highest BCUT2D eigenvalue weighted by Crippen LogP contribution is 2.42. The van der Waals surface area contributed by atoms with E-state index < -0.39 is 17.7 Å². The van der Waals surface area contributed by atoms with E-state index in [-0.39, 0.29) is 11.3 Å². The first kappa shape index (κ1) is 18.6. The zero-order chi connectivity index (χ0) is 19.8. The Morgan fingerprint density at radius 3 is 2.39 bits per heavy atom. The Balaban J connectivity index is 1.93. The van der Waals surface area contributed by atoms with E-state index in [1.165, 1.54) is 16.2 Å². The van der Waals surface area contributed by atoms with Gasteiger partial charge in [0, 0.05) is 21.6 Å². The van der Waals surface area contributed by atoms with Gasteiger partial charge in [-0.15, -0.1) is 11.3 Å². The van der Waals surface area contributed by atoms with E-state index in [9.17, 15) is 14.7 Å². The molecule has 1 aromatic heterocycles. The van der Waals surface area contributed by atoms with Crippen LogP contribution in [0.5, 0.6) is 0 Å². The number of aliphatic hydroxyl groups excluding tert-OH is 1. The predicted molar refractivity (Wildman–Crippen MR) is 112 cm³/mol. The van der Waals surface area contributed by atoms with Crippen molar-refractivity contribution in [3.05, 3.63) is 86.8 Å². The summed E-state index contributed by atoms with van der Waals surface area (Å²) in [6.07, 6.45) is 1.58. The second-order valence-electron chi connectivity index (χ2n) is 6.40. The third-order valence-electron chi connectivity index (χ3n) is 4.58. The lowest BCUT2D eigenvalue weighted by molar-refractivity contribution is -0.132. The highest BCUT2D eigenvalue weighted by Gasteiger charge is 2.47. The van der Waals surface area contributed by atoms with Gasteiger partial charge in [-0.3, -0.25) is 14.5 Å². The number of aryl methyl sites for hydroxylation is 1. The number of rotatable bonds is 3. The summed E-state index contributed by atoms with van der Waals surface area (Å²) in [5.41, 5.74) is 2.32. The second kappa shape index (κ2) is 7.33. The molecule has 1 fully saturated rings. The van der Waals surface area contributed by atoms with Crippen LogP contribution >= 0.6 is 27.3 Å². The zero-order valence-corrected chi connectivity index (χ0v) is 17.2. The van der Waals surface area contributed by atoms with Crippen LogP contribution in [0.1, 0.15) is 22.7 Å². The minimum Gasteiger partial charge on any atom is -0.507 e. The van der Waals surface area contributed by atoms with Crippen LogP contribution < -0.4 is 4.90 Å². The maximum absolute atomic E-state index is 12.9. The van der Waals surface area contributed by atoms with Crippen molar-refractivity contribution in [3.63, 3.8) is 0 Å². The molecule has 4 rings (SSSR count). The summed E-state index contributed by atoms with van der Waals surface area (Å²) < 4.78 is 0.849. The zero-order valence-electron chi connectivity index (χ0n) is 14.8. The Morgan fingerprint density at radius 2 is 1.79 bits per heavy atom. The number of hydrogen-bond donors (Lipinski definition) is 1. The monoisotopic (exact) mass is 454 g/mol.